The summed E-state index contributed by atoms with van der Waals surface area (Å²) in [7, 11) is 0. The molecule has 1 fully saturated rings. The van der Waals surface area contributed by atoms with Crippen LogP contribution in [0.15, 0.2) is 18.2 Å². The number of aliphatic hydroxyl groups is 1. The van der Waals surface area contributed by atoms with Crippen LogP contribution in [0.2, 0.25) is 5.02 Å². The minimum Gasteiger partial charge on any atom is -0.393 e. The van der Waals surface area contributed by atoms with Crippen molar-refractivity contribution in [2.45, 2.75) is 18.9 Å². The Labute approximate surface area is 99.6 Å². The van der Waals surface area contributed by atoms with Crippen molar-refractivity contribution >= 4 is 23.6 Å². The molecule has 1 saturated heterocycles. The molecule has 0 unspecified atom stereocenters. The van der Waals surface area contributed by atoms with E-state index >= 15 is 0 Å². The van der Waals surface area contributed by atoms with Gasteiger partial charge in [-0.1, -0.05) is 11.6 Å². The molecule has 0 aliphatic carbocycles. The molecule has 86 valence electrons. The maximum absolute atomic E-state index is 10.9. The SMILES string of the molecule is O=Cc1ccc(Cl)cc1N1CCC(O)CC1. The van der Waals surface area contributed by atoms with E-state index in [0.717, 1.165) is 37.9 Å². The first-order chi connectivity index (χ1) is 7.70. The van der Waals surface area contributed by atoms with Crippen LogP contribution in [0.1, 0.15) is 23.2 Å². The van der Waals surface area contributed by atoms with Gasteiger partial charge in [-0.2, -0.15) is 0 Å². The molecule has 1 aromatic carbocycles. The highest BCUT2D eigenvalue weighted by atomic mass is 35.5. The summed E-state index contributed by atoms with van der Waals surface area (Å²) in [4.78, 5) is 13.0. The van der Waals surface area contributed by atoms with E-state index in [1.54, 1.807) is 12.1 Å². The van der Waals surface area contributed by atoms with Crippen molar-refractivity contribution in [3.05, 3.63) is 28.8 Å². The molecule has 3 nitrogen and oxygen atoms in total. The lowest BCUT2D eigenvalue weighted by Crippen LogP contribution is -2.36. The molecule has 0 aromatic heterocycles. The molecule has 16 heavy (non-hydrogen) atoms. The fourth-order valence-corrected chi connectivity index (χ4v) is 2.16. The number of aliphatic hydroxyl groups excluding tert-OH is 1. The van der Waals surface area contributed by atoms with Gasteiger partial charge in [0.25, 0.3) is 0 Å². The van der Waals surface area contributed by atoms with Crippen LogP contribution < -0.4 is 4.90 Å². The van der Waals surface area contributed by atoms with Gasteiger partial charge in [0.2, 0.25) is 0 Å². The van der Waals surface area contributed by atoms with Crippen molar-refractivity contribution in [3.8, 4) is 0 Å². The van der Waals surface area contributed by atoms with Crippen LogP contribution in [0.5, 0.6) is 0 Å². The molecule has 0 radical (unpaired) electrons. The lowest BCUT2D eigenvalue weighted by atomic mass is 10.1. The predicted octanol–water partition coefficient (Wildman–Crippen LogP) is 2.11. The molecule has 0 amide bonds. The number of rotatable bonds is 2. The maximum atomic E-state index is 10.9. The molecule has 1 heterocycles. The minimum atomic E-state index is -0.213. The topological polar surface area (TPSA) is 40.5 Å². The Morgan fingerprint density at radius 3 is 2.69 bits per heavy atom. The highest BCUT2D eigenvalue weighted by Crippen LogP contribution is 2.26. The number of hydrogen-bond donors (Lipinski definition) is 1. The monoisotopic (exact) mass is 239 g/mol. The predicted molar refractivity (Wildman–Crippen MR) is 64.3 cm³/mol. The van der Waals surface area contributed by atoms with Crippen LogP contribution in [0.3, 0.4) is 0 Å². The first-order valence-electron chi connectivity index (χ1n) is 5.38. The van der Waals surface area contributed by atoms with Crippen LogP contribution in [0.4, 0.5) is 5.69 Å². The van der Waals surface area contributed by atoms with E-state index in [-0.39, 0.29) is 6.10 Å². The van der Waals surface area contributed by atoms with Crippen LogP contribution in [-0.2, 0) is 0 Å². The average Bonchev–Trinajstić information content (AvgIpc) is 2.30. The Morgan fingerprint density at radius 2 is 2.06 bits per heavy atom. The number of nitrogens with zero attached hydrogens (tertiary/aromatic N) is 1. The number of piperidine rings is 1. The van der Waals surface area contributed by atoms with Gasteiger partial charge in [-0.25, -0.2) is 0 Å². The molecule has 0 bridgehead atoms. The smallest absolute Gasteiger partial charge is 0.152 e. The van der Waals surface area contributed by atoms with Crippen LogP contribution in [0.25, 0.3) is 0 Å². The quantitative estimate of drug-likeness (QED) is 0.804. The minimum absolute atomic E-state index is 0.213. The molecule has 1 aliphatic rings. The Balaban J connectivity index is 2.25. The van der Waals surface area contributed by atoms with Gasteiger partial charge >= 0.3 is 0 Å². The maximum Gasteiger partial charge on any atom is 0.152 e. The number of hydrogen-bond acceptors (Lipinski definition) is 3. The second-order valence-electron chi connectivity index (χ2n) is 4.04. The van der Waals surface area contributed by atoms with E-state index in [0.29, 0.717) is 10.6 Å². The fraction of sp³-hybridized carbons (Fsp3) is 0.417. The number of halogens is 1. The first kappa shape index (κ1) is 11.4. The van der Waals surface area contributed by atoms with E-state index in [9.17, 15) is 9.90 Å². The molecule has 0 atom stereocenters. The van der Waals surface area contributed by atoms with E-state index in [4.69, 9.17) is 11.6 Å². The van der Waals surface area contributed by atoms with Crippen LogP contribution in [0, 0.1) is 0 Å². The summed E-state index contributed by atoms with van der Waals surface area (Å²) < 4.78 is 0. The molecular formula is C12H14ClNO2. The van der Waals surface area contributed by atoms with Gasteiger partial charge < -0.3 is 10.0 Å². The zero-order valence-electron chi connectivity index (χ0n) is 8.90. The van der Waals surface area contributed by atoms with Crippen molar-refractivity contribution < 1.29 is 9.90 Å². The number of benzene rings is 1. The first-order valence-corrected chi connectivity index (χ1v) is 5.76. The van der Waals surface area contributed by atoms with Gasteiger partial charge in [-0.3, -0.25) is 4.79 Å². The summed E-state index contributed by atoms with van der Waals surface area (Å²) in [5, 5.41) is 10.1. The summed E-state index contributed by atoms with van der Waals surface area (Å²) >= 11 is 5.93. The third kappa shape index (κ3) is 2.36. The number of anilines is 1. The van der Waals surface area contributed by atoms with Crippen molar-refractivity contribution in [2.24, 2.45) is 0 Å². The van der Waals surface area contributed by atoms with Crippen molar-refractivity contribution in [1.29, 1.82) is 0 Å². The fourth-order valence-electron chi connectivity index (χ4n) is 2.00. The Morgan fingerprint density at radius 1 is 1.38 bits per heavy atom. The van der Waals surface area contributed by atoms with Gasteiger partial charge in [0.05, 0.1) is 6.10 Å². The highest BCUT2D eigenvalue weighted by molar-refractivity contribution is 6.31. The Kier molecular flexibility index (Phi) is 3.46. The van der Waals surface area contributed by atoms with Gasteiger partial charge in [0.1, 0.15) is 0 Å². The van der Waals surface area contributed by atoms with E-state index in [1.807, 2.05) is 6.07 Å². The van der Waals surface area contributed by atoms with Gasteiger partial charge in [-0.05, 0) is 31.0 Å². The van der Waals surface area contributed by atoms with Crippen molar-refractivity contribution in [2.75, 3.05) is 18.0 Å². The normalized spacial score (nSPS) is 17.5. The molecule has 0 saturated carbocycles. The van der Waals surface area contributed by atoms with E-state index in [1.165, 1.54) is 0 Å². The molecule has 2 rings (SSSR count). The largest absolute Gasteiger partial charge is 0.393 e. The lowest BCUT2D eigenvalue weighted by Gasteiger charge is -2.32. The molecule has 0 spiro atoms. The third-order valence-electron chi connectivity index (χ3n) is 2.92. The Hall–Kier alpha value is -1.06. The number of carbonyl (C=O) groups excluding carboxylic acids is 1. The number of aldehydes is 1. The summed E-state index contributed by atoms with van der Waals surface area (Å²) in [6.45, 7) is 1.53. The summed E-state index contributed by atoms with van der Waals surface area (Å²) in [6.07, 6.45) is 2.11. The van der Waals surface area contributed by atoms with Crippen LogP contribution in [-0.4, -0.2) is 30.6 Å². The third-order valence-corrected chi connectivity index (χ3v) is 3.16. The Bertz CT molecular complexity index is 387. The second-order valence-corrected chi connectivity index (χ2v) is 4.48. The average molecular weight is 240 g/mol. The summed E-state index contributed by atoms with van der Waals surface area (Å²) in [5.41, 5.74) is 1.52. The zero-order chi connectivity index (χ0) is 11.5. The summed E-state index contributed by atoms with van der Waals surface area (Å²) in [6, 6.07) is 5.26. The van der Waals surface area contributed by atoms with Crippen molar-refractivity contribution in [1.82, 2.24) is 0 Å². The van der Waals surface area contributed by atoms with Crippen molar-refractivity contribution in [3.63, 3.8) is 0 Å². The van der Waals surface area contributed by atoms with E-state index < -0.39 is 0 Å². The summed E-state index contributed by atoms with van der Waals surface area (Å²) in [5.74, 6) is 0. The number of carbonyl (C=O) groups is 1. The van der Waals surface area contributed by atoms with Gasteiger partial charge in [-0.15, -0.1) is 0 Å². The standard InChI is InChI=1S/C12H14ClNO2/c13-10-2-1-9(8-15)12(7-10)14-5-3-11(16)4-6-14/h1-2,7-8,11,16H,3-6H2. The van der Waals surface area contributed by atoms with Gasteiger partial charge in [0.15, 0.2) is 6.29 Å². The zero-order valence-corrected chi connectivity index (χ0v) is 9.65. The lowest BCUT2D eigenvalue weighted by molar-refractivity contribution is 0.112. The molecular weight excluding hydrogens is 226 g/mol. The molecule has 4 heteroatoms. The van der Waals surface area contributed by atoms with E-state index in [2.05, 4.69) is 4.90 Å². The second kappa shape index (κ2) is 4.85. The molecule has 1 N–H and O–H groups in total. The molecule has 1 aliphatic heterocycles. The van der Waals surface area contributed by atoms with Crippen LogP contribution >= 0.6 is 11.6 Å². The molecule has 1 aromatic rings. The highest BCUT2D eigenvalue weighted by Gasteiger charge is 2.19. The van der Waals surface area contributed by atoms with Gasteiger partial charge in [0, 0.05) is 29.4 Å².